The summed E-state index contributed by atoms with van der Waals surface area (Å²) in [5, 5.41) is 5.72. The van der Waals surface area contributed by atoms with Gasteiger partial charge in [0.25, 0.3) is 0 Å². The molecule has 9 nitrogen and oxygen atoms in total. The predicted octanol–water partition coefficient (Wildman–Crippen LogP) is 9.01. The van der Waals surface area contributed by atoms with Crippen molar-refractivity contribution in [2.75, 3.05) is 39.6 Å². The Morgan fingerprint density at radius 1 is 0.770 bits per heavy atom. The topological polar surface area (TPSA) is 123 Å². The van der Waals surface area contributed by atoms with Crippen LogP contribution in [0.4, 0.5) is 4.79 Å². The number of carbonyl (C=O) groups excluding carboxylic acids is 2. The molecule has 0 aromatic heterocycles. The van der Waals surface area contributed by atoms with E-state index in [2.05, 4.69) is 51.3 Å². The van der Waals surface area contributed by atoms with Gasteiger partial charge in [0, 0.05) is 392 Å². The van der Waals surface area contributed by atoms with Crippen molar-refractivity contribution in [2.24, 2.45) is 46.3 Å². The minimum atomic E-state index is -3.39. The third-order valence-corrected chi connectivity index (χ3v) is 13.9. The summed E-state index contributed by atoms with van der Waals surface area (Å²) >= 11 is 0. The van der Waals surface area contributed by atoms with Crippen molar-refractivity contribution in [1.29, 1.82) is 0 Å². The van der Waals surface area contributed by atoms with Gasteiger partial charge in [-0.2, -0.15) is 0 Å². The monoisotopic (exact) mass is 1700 g/mol. The molecular weight excluding hydrogens is 1630 g/mol. The van der Waals surface area contributed by atoms with Crippen LogP contribution < -0.4 is 10.6 Å². The van der Waals surface area contributed by atoms with Crippen molar-refractivity contribution >= 4 is 19.6 Å². The third-order valence-electron chi connectivity index (χ3n) is 13.2. The first-order chi connectivity index (χ1) is 23.7. The van der Waals surface area contributed by atoms with Crippen LogP contribution in [0.25, 0.3) is 0 Å². The van der Waals surface area contributed by atoms with Gasteiger partial charge < -0.3 is 29.5 Å². The van der Waals surface area contributed by atoms with Crippen molar-refractivity contribution in [2.45, 2.75) is 143 Å². The molecule has 4 aliphatic rings. The van der Waals surface area contributed by atoms with Crippen molar-refractivity contribution in [1.82, 2.24) is 10.6 Å². The maximum absolute atomic E-state index is 12.6. The van der Waals surface area contributed by atoms with E-state index in [0.29, 0.717) is 31.7 Å². The Morgan fingerprint density at radius 2 is 1.41 bits per heavy atom. The van der Waals surface area contributed by atoms with Crippen molar-refractivity contribution in [3.8, 4) is 0 Å². The van der Waals surface area contributed by atoms with Crippen LogP contribution in [0.1, 0.15) is 137 Å². The van der Waals surface area contributed by atoms with Crippen molar-refractivity contribution in [3.05, 3.63) is 11.6 Å². The molecule has 0 heterocycles. The molecule has 3 fully saturated rings. The first kappa shape index (κ1) is 88.4. The fourth-order valence-corrected chi connectivity index (χ4v) is 11.0. The Morgan fingerprint density at radius 3 is 2.03 bits per heavy atom. The number of rotatable bonds is 20. The van der Waals surface area contributed by atoms with E-state index in [4.69, 9.17) is 18.9 Å². The van der Waals surface area contributed by atoms with Crippen LogP contribution in [0.2, 0.25) is 0 Å². The minimum Gasteiger partial charge on any atom is -0.446 e. The Labute approximate surface area is 648 Å². The first-order valence-electron chi connectivity index (χ1n) is 20.2. The molecular formula is C40H71N2O7PY11. The van der Waals surface area contributed by atoms with Gasteiger partial charge in [-0.15, -0.1) is 0 Å². The van der Waals surface area contributed by atoms with Gasteiger partial charge in [0.1, 0.15) is 6.10 Å². The van der Waals surface area contributed by atoms with Crippen LogP contribution in [0, 0.1) is 46.3 Å². The average molecular weight is 1700 g/mol. The number of unbranched alkanes of at least 4 members (excludes halogenated alkanes) is 3. The van der Waals surface area contributed by atoms with Crippen LogP contribution in [0.5, 0.6) is 0 Å². The van der Waals surface area contributed by atoms with Crippen molar-refractivity contribution in [3.63, 3.8) is 0 Å². The van der Waals surface area contributed by atoms with E-state index < -0.39 is 7.60 Å². The van der Waals surface area contributed by atoms with Crippen molar-refractivity contribution < 1.29 is 393 Å². The zero-order valence-electron chi connectivity index (χ0n) is 38.7. The predicted molar refractivity (Wildman–Crippen MR) is 200 cm³/mol. The molecule has 0 aliphatic heterocycles. The fourth-order valence-electron chi connectivity index (χ4n) is 10.6. The summed E-state index contributed by atoms with van der Waals surface area (Å²) in [6.45, 7) is 15.5. The molecule has 3 N–H and O–H groups in total. The molecule has 0 spiro atoms. The van der Waals surface area contributed by atoms with Gasteiger partial charge in [-0.25, -0.2) is 4.79 Å². The largest absolute Gasteiger partial charge is 0.446 e. The molecule has 11 radical (unpaired) electrons. The van der Waals surface area contributed by atoms with Crippen LogP contribution >= 0.6 is 7.60 Å². The van der Waals surface area contributed by atoms with E-state index in [-0.39, 0.29) is 396 Å². The quantitative estimate of drug-likeness (QED) is 0.0632. The van der Waals surface area contributed by atoms with Crippen LogP contribution in [0.3, 0.4) is 0 Å². The Balaban J connectivity index is -0.000000426. The molecule has 21 heteroatoms. The summed E-state index contributed by atoms with van der Waals surface area (Å²) < 4.78 is 27.4. The number of hydrogen-bond acceptors (Lipinski definition) is 6. The third kappa shape index (κ3) is 31.1. The summed E-state index contributed by atoms with van der Waals surface area (Å²) in [5.74, 6) is 4.88. The zero-order valence-corrected chi connectivity index (χ0v) is 70.8. The van der Waals surface area contributed by atoms with E-state index in [9.17, 15) is 14.2 Å². The molecule has 3 saturated carbocycles. The van der Waals surface area contributed by atoms with Gasteiger partial charge in [0.2, 0.25) is 5.91 Å². The second kappa shape index (κ2) is 46.8. The van der Waals surface area contributed by atoms with E-state index in [1.54, 1.807) is 0 Å². The van der Waals surface area contributed by atoms with Gasteiger partial charge in [-0.05, 0) is 104 Å². The van der Waals surface area contributed by atoms with Crippen LogP contribution in [-0.4, -0.2) is 62.6 Å². The van der Waals surface area contributed by atoms with E-state index in [1.165, 1.54) is 63.6 Å². The average Bonchev–Trinajstić information content (AvgIpc) is 3.40. The van der Waals surface area contributed by atoms with Gasteiger partial charge in [0.05, 0.1) is 19.8 Å². The molecule has 4 rings (SSSR count). The summed E-state index contributed by atoms with van der Waals surface area (Å²) in [4.78, 5) is 33.8. The second-order valence-corrected chi connectivity index (χ2v) is 19.1. The maximum Gasteiger partial charge on any atom is 0.407 e. The molecule has 0 bridgehead atoms. The molecule has 9 atom stereocenters. The molecule has 0 aromatic carbocycles. The van der Waals surface area contributed by atoms with Crippen LogP contribution in [0.15, 0.2) is 11.6 Å². The summed E-state index contributed by atoms with van der Waals surface area (Å²) in [7, 11) is -3.39. The molecule has 61 heavy (non-hydrogen) atoms. The molecule has 1 unspecified atom stereocenters. The number of allylic oxidation sites excluding steroid dienone is 1. The number of carbonyl (C=O) groups is 2. The number of fused-ring (bicyclic) bond motifs is 5. The first-order valence-corrected chi connectivity index (χ1v) is 22.2. The number of alkyl carbamates (subject to hydrolysis) is 1. The Hall–Kier alpha value is 10.7. The summed E-state index contributed by atoms with van der Waals surface area (Å²) in [6, 6.07) is 0. The number of ether oxygens (including phenoxy) is 2. The SMILES string of the molecule is CC(C)CCC[C@@H](C)[C@H]1CC[C@H]2[C@@H]3CC=C4C[C@@H](OC(=O)NCCOCCC(=O)NCCCCCCOP(C)(=O)O)CC[C@]4(C)[C@H]3CC[C@]12C.[Y].[Y].[Y].[Y].[Y].[Y].[Y].[Y].[Y].[Y].[Y]. The Kier molecular flexibility index (Phi) is 67.8. The standard InChI is InChI=1S/C40H71N2O7P.11Y/c1-29(2)12-11-13-30(3)34-16-17-35-33-15-14-31-28-32(18-21-39(31,4)36(33)19-22-40(34,35)5)49-38(44)42-24-27-47-26-20-37(43)41-23-9-7-8-10-25-48-50(6,45)46;;;;;;;;;;;/h14,29-30,32-36H,7-13,15-28H2,1-6H3,(H,41,43)(H,42,44)(H,45,46);;;;;;;;;;;/t30-,32+,33+,34-,35+,36+,39+,40-;;;;;;;;;;;/m1.........../s1. The van der Waals surface area contributed by atoms with Gasteiger partial charge in [-0.3, -0.25) is 9.36 Å². The van der Waals surface area contributed by atoms with E-state index in [1.807, 2.05) is 0 Å². The molecule has 321 valence electrons. The number of nitrogens with one attached hydrogen (secondary N) is 2. The molecule has 2 amide bonds. The summed E-state index contributed by atoms with van der Waals surface area (Å²) in [6.07, 6.45) is 19.5. The van der Waals surface area contributed by atoms with Gasteiger partial charge in [0.15, 0.2) is 0 Å². The van der Waals surface area contributed by atoms with Crippen LogP contribution in [-0.2, 0) is 383 Å². The number of amides is 2. The zero-order chi connectivity index (χ0) is 36.4. The summed E-state index contributed by atoms with van der Waals surface area (Å²) in [5.41, 5.74) is 2.27. The smallest absolute Gasteiger partial charge is 0.407 e. The normalized spacial score (nSPS) is 26.4. The number of hydrogen-bond donors (Lipinski definition) is 3. The van der Waals surface area contributed by atoms with E-state index in [0.717, 1.165) is 80.5 Å². The molecule has 4 aliphatic carbocycles. The molecule has 0 saturated heterocycles. The molecule has 0 aromatic rings. The van der Waals surface area contributed by atoms with E-state index >= 15 is 0 Å². The van der Waals surface area contributed by atoms with Gasteiger partial charge in [-0.1, -0.05) is 78.4 Å². The maximum atomic E-state index is 12.6. The van der Waals surface area contributed by atoms with Gasteiger partial charge >= 0.3 is 13.7 Å². The second-order valence-electron chi connectivity index (χ2n) is 17.2. The Bertz CT molecular complexity index is 1210. The minimum absolute atomic E-state index is 0. The fraction of sp³-hybridized carbons (Fsp3) is 0.900.